The first-order valence-corrected chi connectivity index (χ1v) is 11.4. The Morgan fingerprint density at radius 3 is 2.33 bits per heavy atom. The van der Waals surface area contributed by atoms with Gasteiger partial charge >= 0.3 is 0 Å². The number of anilines is 1. The van der Waals surface area contributed by atoms with Crippen LogP contribution in [0.25, 0.3) is 11.1 Å². The number of carbonyl (C=O) groups excluding carboxylic acids is 2. The van der Waals surface area contributed by atoms with E-state index in [1.807, 2.05) is 60.7 Å². The fourth-order valence-corrected chi connectivity index (χ4v) is 4.22. The SMILES string of the molecule is NCc1ccccc1-c1ccc(C(=O)NCC(=O)N2CCN(c3cccc(Cl)c3)CC2)cc1. The summed E-state index contributed by atoms with van der Waals surface area (Å²) >= 11 is 6.08. The zero-order chi connectivity index (χ0) is 23.2. The average Bonchev–Trinajstić information content (AvgIpc) is 2.87. The minimum Gasteiger partial charge on any atom is -0.368 e. The zero-order valence-corrected chi connectivity index (χ0v) is 19.1. The molecular formula is C26H27ClN4O2. The maximum Gasteiger partial charge on any atom is 0.251 e. The Morgan fingerprint density at radius 1 is 0.909 bits per heavy atom. The molecule has 3 aromatic carbocycles. The molecule has 1 heterocycles. The Labute approximate surface area is 198 Å². The molecule has 2 amide bonds. The van der Waals surface area contributed by atoms with Crippen LogP contribution in [0.15, 0.2) is 72.8 Å². The second-order valence-electron chi connectivity index (χ2n) is 7.97. The predicted octanol–water partition coefficient (Wildman–Crippen LogP) is 3.54. The average molecular weight is 463 g/mol. The monoisotopic (exact) mass is 462 g/mol. The van der Waals surface area contributed by atoms with Crippen molar-refractivity contribution in [3.63, 3.8) is 0 Å². The topological polar surface area (TPSA) is 78.7 Å². The number of nitrogens with zero attached hydrogens (tertiary/aromatic N) is 2. The highest BCUT2D eigenvalue weighted by molar-refractivity contribution is 6.30. The van der Waals surface area contributed by atoms with Crippen LogP contribution in [0, 0.1) is 0 Å². The number of nitrogens with two attached hydrogens (primary N) is 1. The van der Waals surface area contributed by atoms with E-state index in [1.54, 1.807) is 17.0 Å². The van der Waals surface area contributed by atoms with E-state index in [0.29, 0.717) is 30.2 Å². The van der Waals surface area contributed by atoms with Crippen LogP contribution in [0.3, 0.4) is 0 Å². The first-order chi connectivity index (χ1) is 16.0. The summed E-state index contributed by atoms with van der Waals surface area (Å²) in [5.41, 5.74) is 10.5. The van der Waals surface area contributed by atoms with Crippen molar-refractivity contribution >= 4 is 29.1 Å². The molecule has 1 aliphatic heterocycles. The van der Waals surface area contributed by atoms with Crippen molar-refractivity contribution in [1.82, 2.24) is 10.2 Å². The molecular weight excluding hydrogens is 436 g/mol. The Bertz CT molecular complexity index is 1130. The van der Waals surface area contributed by atoms with Crippen molar-refractivity contribution in [2.45, 2.75) is 6.54 Å². The van der Waals surface area contributed by atoms with E-state index in [0.717, 1.165) is 35.5 Å². The highest BCUT2D eigenvalue weighted by Crippen LogP contribution is 2.24. The number of hydrogen-bond acceptors (Lipinski definition) is 4. The molecule has 0 atom stereocenters. The number of hydrogen-bond donors (Lipinski definition) is 2. The molecule has 0 bridgehead atoms. The maximum atomic E-state index is 12.6. The van der Waals surface area contributed by atoms with Crippen LogP contribution in [0.5, 0.6) is 0 Å². The Morgan fingerprint density at radius 2 is 1.64 bits per heavy atom. The number of halogens is 1. The van der Waals surface area contributed by atoms with Crippen molar-refractivity contribution in [2.75, 3.05) is 37.6 Å². The van der Waals surface area contributed by atoms with E-state index in [1.165, 1.54) is 0 Å². The number of piperazine rings is 1. The fourth-order valence-electron chi connectivity index (χ4n) is 4.04. The van der Waals surface area contributed by atoms with Crippen molar-refractivity contribution in [3.05, 3.63) is 88.9 Å². The van der Waals surface area contributed by atoms with Gasteiger partial charge in [-0.2, -0.15) is 0 Å². The maximum absolute atomic E-state index is 12.6. The van der Waals surface area contributed by atoms with Crippen LogP contribution < -0.4 is 16.0 Å². The fraction of sp³-hybridized carbons (Fsp3) is 0.231. The van der Waals surface area contributed by atoms with Crippen LogP contribution in [0.4, 0.5) is 5.69 Å². The summed E-state index contributed by atoms with van der Waals surface area (Å²) in [7, 11) is 0. The summed E-state index contributed by atoms with van der Waals surface area (Å²) < 4.78 is 0. The summed E-state index contributed by atoms with van der Waals surface area (Å²) in [6, 6.07) is 23.0. The third-order valence-electron chi connectivity index (χ3n) is 5.90. The van der Waals surface area contributed by atoms with Crippen LogP contribution in [-0.4, -0.2) is 49.4 Å². The van der Waals surface area contributed by atoms with Crippen molar-refractivity contribution in [3.8, 4) is 11.1 Å². The van der Waals surface area contributed by atoms with E-state index >= 15 is 0 Å². The van der Waals surface area contributed by atoms with Gasteiger partial charge in [0.05, 0.1) is 6.54 Å². The van der Waals surface area contributed by atoms with Gasteiger partial charge < -0.3 is 20.9 Å². The third-order valence-corrected chi connectivity index (χ3v) is 6.14. The van der Waals surface area contributed by atoms with Gasteiger partial charge in [-0.3, -0.25) is 9.59 Å². The first kappa shape index (κ1) is 22.8. The molecule has 1 saturated heterocycles. The lowest BCUT2D eigenvalue weighted by Crippen LogP contribution is -2.51. The summed E-state index contributed by atoms with van der Waals surface area (Å²) in [6.45, 7) is 3.10. The minimum atomic E-state index is -0.264. The van der Waals surface area contributed by atoms with Gasteiger partial charge in [0.25, 0.3) is 5.91 Å². The second kappa shape index (κ2) is 10.5. The molecule has 0 radical (unpaired) electrons. The largest absolute Gasteiger partial charge is 0.368 e. The molecule has 0 aliphatic carbocycles. The van der Waals surface area contributed by atoms with Crippen molar-refractivity contribution in [2.24, 2.45) is 5.73 Å². The molecule has 4 rings (SSSR count). The minimum absolute atomic E-state index is 0.0201. The number of carbonyl (C=O) groups is 2. The van der Waals surface area contributed by atoms with Crippen molar-refractivity contribution < 1.29 is 9.59 Å². The number of nitrogens with one attached hydrogen (secondary N) is 1. The Balaban J connectivity index is 1.29. The van der Waals surface area contributed by atoms with E-state index in [2.05, 4.69) is 10.2 Å². The van der Waals surface area contributed by atoms with Gasteiger partial charge in [-0.1, -0.05) is 54.1 Å². The van der Waals surface area contributed by atoms with Crippen molar-refractivity contribution in [1.29, 1.82) is 0 Å². The molecule has 1 fully saturated rings. The van der Waals surface area contributed by atoms with Gasteiger partial charge in [0.2, 0.25) is 5.91 Å². The lowest BCUT2D eigenvalue weighted by Gasteiger charge is -2.36. The summed E-state index contributed by atoms with van der Waals surface area (Å²) in [5.74, 6) is -0.345. The number of benzene rings is 3. The normalized spacial score (nSPS) is 13.6. The Kier molecular flexibility index (Phi) is 7.27. The highest BCUT2D eigenvalue weighted by atomic mass is 35.5. The van der Waals surface area contributed by atoms with Gasteiger partial charge in [0.1, 0.15) is 0 Å². The molecule has 33 heavy (non-hydrogen) atoms. The summed E-state index contributed by atoms with van der Waals surface area (Å²) in [4.78, 5) is 29.1. The van der Waals surface area contributed by atoms with E-state index in [9.17, 15) is 9.59 Å². The first-order valence-electron chi connectivity index (χ1n) is 11.0. The second-order valence-corrected chi connectivity index (χ2v) is 8.41. The molecule has 1 aliphatic rings. The lowest BCUT2D eigenvalue weighted by atomic mass is 9.98. The molecule has 0 aromatic heterocycles. The van der Waals surface area contributed by atoms with Gasteiger partial charge in [-0.25, -0.2) is 0 Å². The van der Waals surface area contributed by atoms with E-state index < -0.39 is 0 Å². The van der Waals surface area contributed by atoms with Crippen LogP contribution in [0.2, 0.25) is 5.02 Å². The molecule has 6 nitrogen and oxygen atoms in total. The van der Waals surface area contributed by atoms with Gasteiger partial charge in [0, 0.05) is 49.0 Å². The number of amides is 2. The molecule has 0 unspecified atom stereocenters. The van der Waals surface area contributed by atoms with E-state index in [4.69, 9.17) is 17.3 Å². The molecule has 7 heteroatoms. The highest BCUT2D eigenvalue weighted by Gasteiger charge is 2.22. The molecule has 0 saturated carbocycles. The van der Waals surface area contributed by atoms with Crippen LogP contribution in [0.1, 0.15) is 15.9 Å². The zero-order valence-electron chi connectivity index (χ0n) is 18.3. The standard InChI is InChI=1S/C26H27ClN4O2/c27-22-5-3-6-23(16-22)30-12-14-31(15-13-30)25(32)18-29-26(33)20-10-8-19(9-11-20)24-7-2-1-4-21(24)17-28/h1-11,16H,12-15,17-18,28H2,(H,29,33). The molecule has 0 spiro atoms. The summed E-state index contributed by atoms with van der Waals surface area (Å²) in [5, 5.41) is 3.45. The molecule has 3 N–H and O–H groups in total. The van der Waals surface area contributed by atoms with Gasteiger partial charge in [-0.15, -0.1) is 0 Å². The Hall–Kier alpha value is -3.35. The van der Waals surface area contributed by atoms with Gasteiger partial charge in [0.15, 0.2) is 0 Å². The molecule has 170 valence electrons. The summed E-state index contributed by atoms with van der Waals surface area (Å²) in [6.07, 6.45) is 0. The number of rotatable bonds is 6. The van der Waals surface area contributed by atoms with Crippen LogP contribution in [-0.2, 0) is 11.3 Å². The van der Waals surface area contributed by atoms with Gasteiger partial charge in [-0.05, 0) is 47.0 Å². The lowest BCUT2D eigenvalue weighted by molar-refractivity contribution is -0.130. The quantitative estimate of drug-likeness (QED) is 0.587. The predicted molar refractivity (Wildman–Crippen MR) is 132 cm³/mol. The van der Waals surface area contributed by atoms with E-state index in [-0.39, 0.29) is 18.4 Å². The molecule has 3 aromatic rings. The third kappa shape index (κ3) is 5.53. The smallest absolute Gasteiger partial charge is 0.251 e. The van der Waals surface area contributed by atoms with Crippen LogP contribution >= 0.6 is 11.6 Å².